The summed E-state index contributed by atoms with van der Waals surface area (Å²) in [4.78, 5) is 0. The second kappa shape index (κ2) is 3.15. The Morgan fingerprint density at radius 1 is 1.58 bits per heavy atom. The topological polar surface area (TPSA) is 45.7 Å². The SMILES string of the molecule is C=C1NN=C(CNC(C)(C)C)O1. The van der Waals surface area contributed by atoms with Gasteiger partial charge in [-0.3, -0.25) is 0 Å². The summed E-state index contributed by atoms with van der Waals surface area (Å²) in [5.41, 5.74) is 2.72. The van der Waals surface area contributed by atoms with E-state index in [1.807, 2.05) is 0 Å². The molecule has 0 unspecified atom stereocenters. The second-order valence-corrected chi connectivity index (χ2v) is 3.75. The van der Waals surface area contributed by atoms with Crippen molar-refractivity contribution in [2.75, 3.05) is 6.54 Å². The molecular formula is C8H15N3O. The molecule has 1 aliphatic heterocycles. The molecule has 4 heteroatoms. The van der Waals surface area contributed by atoms with Gasteiger partial charge in [-0.1, -0.05) is 0 Å². The van der Waals surface area contributed by atoms with Gasteiger partial charge in [0, 0.05) is 5.54 Å². The van der Waals surface area contributed by atoms with Crippen molar-refractivity contribution >= 4 is 5.90 Å². The number of hydrazone groups is 1. The molecule has 68 valence electrons. The number of hydrogen-bond donors (Lipinski definition) is 2. The van der Waals surface area contributed by atoms with E-state index in [1.54, 1.807) is 0 Å². The molecule has 0 saturated heterocycles. The van der Waals surface area contributed by atoms with E-state index in [0.717, 1.165) is 0 Å². The molecule has 1 aliphatic rings. The quantitative estimate of drug-likeness (QED) is 0.642. The lowest BCUT2D eigenvalue weighted by molar-refractivity contribution is 0.388. The van der Waals surface area contributed by atoms with Gasteiger partial charge in [0.05, 0.1) is 6.54 Å². The Morgan fingerprint density at radius 2 is 2.25 bits per heavy atom. The summed E-state index contributed by atoms with van der Waals surface area (Å²) in [6, 6.07) is 0. The summed E-state index contributed by atoms with van der Waals surface area (Å²) in [5.74, 6) is 1.12. The monoisotopic (exact) mass is 169 g/mol. The maximum absolute atomic E-state index is 5.14. The molecule has 0 bridgehead atoms. The van der Waals surface area contributed by atoms with Gasteiger partial charge in [-0.05, 0) is 27.4 Å². The lowest BCUT2D eigenvalue weighted by atomic mass is 10.1. The molecule has 12 heavy (non-hydrogen) atoms. The number of rotatable bonds is 2. The van der Waals surface area contributed by atoms with Gasteiger partial charge >= 0.3 is 0 Å². The van der Waals surface area contributed by atoms with E-state index >= 15 is 0 Å². The zero-order chi connectivity index (χ0) is 9.19. The van der Waals surface area contributed by atoms with Crippen LogP contribution in [0.5, 0.6) is 0 Å². The Kier molecular flexibility index (Phi) is 2.38. The predicted molar refractivity (Wildman–Crippen MR) is 48.6 cm³/mol. The fourth-order valence-corrected chi connectivity index (χ4v) is 0.729. The second-order valence-electron chi connectivity index (χ2n) is 3.75. The van der Waals surface area contributed by atoms with Crippen LogP contribution < -0.4 is 10.7 Å². The van der Waals surface area contributed by atoms with Crippen molar-refractivity contribution in [2.45, 2.75) is 26.3 Å². The van der Waals surface area contributed by atoms with Crippen LogP contribution in [0.3, 0.4) is 0 Å². The molecular weight excluding hydrogens is 154 g/mol. The molecule has 1 rings (SSSR count). The van der Waals surface area contributed by atoms with Crippen LogP contribution in [-0.4, -0.2) is 18.0 Å². The summed E-state index contributed by atoms with van der Waals surface area (Å²) >= 11 is 0. The van der Waals surface area contributed by atoms with E-state index in [1.165, 1.54) is 0 Å². The number of nitrogens with one attached hydrogen (secondary N) is 2. The van der Waals surface area contributed by atoms with E-state index in [-0.39, 0.29) is 5.54 Å². The highest BCUT2D eigenvalue weighted by Gasteiger charge is 2.14. The van der Waals surface area contributed by atoms with Crippen molar-refractivity contribution in [3.8, 4) is 0 Å². The first-order chi connectivity index (χ1) is 5.47. The normalized spacial score (nSPS) is 16.9. The zero-order valence-electron chi connectivity index (χ0n) is 7.77. The molecule has 0 aromatic carbocycles. The average Bonchev–Trinajstić information content (AvgIpc) is 2.30. The first-order valence-corrected chi connectivity index (χ1v) is 3.92. The lowest BCUT2D eigenvalue weighted by Gasteiger charge is -2.19. The molecule has 0 aromatic rings. The first kappa shape index (κ1) is 9.06. The minimum atomic E-state index is 0.0792. The fourth-order valence-electron chi connectivity index (χ4n) is 0.729. The first-order valence-electron chi connectivity index (χ1n) is 3.92. The molecule has 0 atom stereocenters. The van der Waals surface area contributed by atoms with Crippen molar-refractivity contribution in [1.82, 2.24) is 10.7 Å². The maximum atomic E-state index is 5.14. The van der Waals surface area contributed by atoms with Crippen molar-refractivity contribution in [2.24, 2.45) is 5.10 Å². The average molecular weight is 169 g/mol. The molecule has 1 heterocycles. The van der Waals surface area contributed by atoms with Crippen LogP contribution >= 0.6 is 0 Å². The third kappa shape index (κ3) is 2.92. The van der Waals surface area contributed by atoms with Crippen LogP contribution in [0.4, 0.5) is 0 Å². The predicted octanol–water partition coefficient (Wildman–Crippen LogP) is 0.779. The van der Waals surface area contributed by atoms with Crippen LogP contribution in [0, 0.1) is 0 Å². The molecule has 2 N–H and O–H groups in total. The highest BCUT2D eigenvalue weighted by molar-refractivity contribution is 5.80. The van der Waals surface area contributed by atoms with E-state index in [4.69, 9.17) is 4.74 Å². The molecule has 0 amide bonds. The summed E-state index contributed by atoms with van der Waals surface area (Å²) < 4.78 is 5.14. The van der Waals surface area contributed by atoms with E-state index in [2.05, 4.69) is 43.2 Å². The van der Waals surface area contributed by atoms with Gasteiger partial charge in [0.1, 0.15) is 0 Å². The van der Waals surface area contributed by atoms with Gasteiger partial charge < -0.3 is 10.1 Å². The Labute approximate surface area is 72.7 Å². The van der Waals surface area contributed by atoms with E-state index in [9.17, 15) is 0 Å². The van der Waals surface area contributed by atoms with Crippen molar-refractivity contribution in [3.63, 3.8) is 0 Å². The van der Waals surface area contributed by atoms with Gasteiger partial charge in [0.2, 0.25) is 11.8 Å². The summed E-state index contributed by atoms with van der Waals surface area (Å²) in [6.45, 7) is 10.5. The standard InChI is InChI=1S/C8H15N3O/c1-6-10-11-7(12-6)5-9-8(2,3)4/h9-10H,1,5H2,2-4H3. The molecule has 0 aliphatic carbocycles. The van der Waals surface area contributed by atoms with Gasteiger partial charge in [-0.2, -0.15) is 0 Å². The van der Waals surface area contributed by atoms with Gasteiger partial charge in [0.15, 0.2) is 0 Å². The lowest BCUT2D eigenvalue weighted by Crippen LogP contribution is -2.39. The van der Waals surface area contributed by atoms with E-state index < -0.39 is 0 Å². The fraction of sp³-hybridized carbons (Fsp3) is 0.625. The minimum absolute atomic E-state index is 0.0792. The number of ether oxygens (including phenoxy) is 1. The smallest absolute Gasteiger partial charge is 0.228 e. The molecule has 0 radical (unpaired) electrons. The van der Waals surface area contributed by atoms with Crippen molar-refractivity contribution < 1.29 is 4.74 Å². The Morgan fingerprint density at radius 3 is 2.67 bits per heavy atom. The van der Waals surface area contributed by atoms with Gasteiger partial charge in [-0.25, -0.2) is 5.43 Å². The summed E-state index contributed by atoms with van der Waals surface area (Å²) in [6.07, 6.45) is 0. The summed E-state index contributed by atoms with van der Waals surface area (Å²) in [5, 5.41) is 7.15. The highest BCUT2D eigenvalue weighted by atomic mass is 16.5. The maximum Gasteiger partial charge on any atom is 0.228 e. The summed E-state index contributed by atoms with van der Waals surface area (Å²) in [7, 11) is 0. The largest absolute Gasteiger partial charge is 0.423 e. The Balaban J connectivity index is 2.30. The number of hydrogen-bond acceptors (Lipinski definition) is 4. The zero-order valence-corrected chi connectivity index (χ0v) is 7.77. The van der Waals surface area contributed by atoms with Crippen LogP contribution in [0.1, 0.15) is 20.8 Å². The molecule has 0 aromatic heterocycles. The highest BCUT2D eigenvalue weighted by Crippen LogP contribution is 2.02. The van der Waals surface area contributed by atoms with Crippen LogP contribution in [0.2, 0.25) is 0 Å². The minimum Gasteiger partial charge on any atom is -0.423 e. The van der Waals surface area contributed by atoms with Crippen LogP contribution in [0.25, 0.3) is 0 Å². The van der Waals surface area contributed by atoms with E-state index in [0.29, 0.717) is 18.3 Å². The van der Waals surface area contributed by atoms with Crippen molar-refractivity contribution in [1.29, 1.82) is 0 Å². The Bertz CT molecular complexity index is 215. The van der Waals surface area contributed by atoms with Crippen LogP contribution in [-0.2, 0) is 4.74 Å². The molecule has 4 nitrogen and oxygen atoms in total. The van der Waals surface area contributed by atoms with Gasteiger partial charge in [0.25, 0.3) is 0 Å². The molecule has 0 spiro atoms. The third-order valence-electron chi connectivity index (χ3n) is 1.32. The van der Waals surface area contributed by atoms with Crippen LogP contribution in [0.15, 0.2) is 17.6 Å². The Hall–Kier alpha value is -1.03. The van der Waals surface area contributed by atoms with Gasteiger partial charge in [-0.15, -0.1) is 5.10 Å². The number of nitrogens with zero attached hydrogens (tertiary/aromatic N) is 1. The van der Waals surface area contributed by atoms with Crippen molar-refractivity contribution in [3.05, 3.63) is 12.5 Å². The third-order valence-corrected chi connectivity index (χ3v) is 1.32. The molecule has 0 saturated carbocycles. The molecule has 0 fully saturated rings.